The van der Waals surface area contributed by atoms with Gasteiger partial charge < -0.3 is 144 Å². The van der Waals surface area contributed by atoms with Crippen LogP contribution in [-0.4, -0.2) is 305 Å². The molecule has 0 bridgehead atoms. The van der Waals surface area contributed by atoms with Crippen molar-refractivity contribution in [2.24, 2.45) is 0 Å². The maximum atomic E-state index is 12.8. The van der Waals surface area contributed by atoms with Crippen LogP contribution in [0.25, 0.3) is 0 Å². The predicted molar refractivity (Wildman–Crippen MR) is 215 cm³/mol. The van der Waals surface area contributed by atoms with E-state index in [4.69, 9.17) is 52.1 Å². The van der Waals surface area contributed by atoms with Crippen molar-refractivity contribution in [1.29, 1.82) is 0 Å². The molecule has 0 saturated carbocycles. The molecule has 6 rings (SSSR count). The highest BCUT2D eigenvalue weighted by Gasteiger charge is 2.58. The average Bonchev–Trinajstić information content (AvgIpc) is 3.60. The van der Waals surface area contributed by atoms with E-state index in [9.17, 15) is 91.3 Å². The summed E-state index contributed by atoms with van der Waals surface area (Å²) in [5, 5.41) is 175. The first-order valence-electron chi connectivity index (χ1n) is 22.4. The maximum absolute atomic E-state index is 12.8. The molecular weight excluding hydrogens is 960 g/mol. The second-order valence-electron chi connectivity index (χ2n) is 17.8. The molecule has 0 aliphatic carbocycles. The van der Waals surface area contributed by atoms with Gasteiger partial charge in [-0.25, -0.2) is 0 Å². The SMILES string of the molecule is CC(=O)N[C@@H]1[C@@H](O[C@@H]2O[C@@H](C)[C@@H](O)[C@@H](O)[C@@H]2O)[C@H](O[C@@H]2O[C@H](CO)[C@@H](O[C@@H]3O[C@H](CO[C@H]4O[C@H](CO)[C@@H](O)[C@H](O)[C@@H]4O)[C@@H](O)[C@H](O)[C@@H]3O[C@@H]3O[C@H](CO)[C@H](O)[C@H]3O)[C@H](O)[C@H]2NC(C)=O)[C@@H](CO)O[C@H]1O. The lowest BCUT2D eigenvalue weighted by Crippen LogP contribution is -2.71. The minimum Gasteiger partial charge on any atom is -0.394 e. The fourth-order valence-electron chi connectivity index (χ4n) is 8.94. The van der Waals surface area contributed by atoms with Gasteiger partial charge in [-0.3, -0.25) is 9.59 Å². The van der Waals surface area contributed by atoms with Gasteiger partial charge in [0.15, 0.2) is 37.7 Å². The zero-order valence-electron chi connectivity index (χ0n) is 37.7. The van der Waals surface area contributed by atoms with E-state index in [0.717, 1.165) is 13.8 Å². The van der Waals surface area contributed by atoms with Crippen LogP contribution in [0, 0.1) is 0 Å². The molecule has 6 aliphatic rings. The molecule has 0 aromatic carbocycles. The molecule has 31 heteroatoms. The van der Waals surface area contributed by atoms with Crippen LogP contribution in [0.3, 0.4) is 0 Å². The Bertz CT molecular complexity index is 1680. The summed E-state index contributed by atoms with van der Waals surface area (Å²) in [5.41, 5.74) is 0. The second-order valence-corrected chi connectivity index (χ2v) is 17.8. The van der Waals surface area contributed by atoms with Gasteiger partial charge in [0.1, 0.15) is 134 Å². The first-order chi connectivity index (χ1) is 33.1. The summed E-state index contributed by atoms with van der Waals surface area (Å²) in [6, 6.07) is -3.40. The van der Waals surface area contributed by atoms with E-state index in [-0.39, 0.29) is 0 Å². The van der Waals surface area contributed by atoms with E-state index in [1.165, 1.54) is 6.92 Å². The quantitative estimate of drug-likeness (QED) is 0.0643. The summed E-state index contributed by atoms with van der Waals surface area (Å²) in [4.78, 5) is 25.2. The second kappa shape index (κ2) is 24.5. The highest BCUT2D eigenvalue weighted by Crippen LogP contribution is 2.37. The smallest absolute Gasteiger partial charge is 0.217 e. The first kappa shape index (κ1) is 57.1. The van der Waals surface area contributed by atoms with E-state index >= 15 is 0 Å². The summed E-state index contributed by atoms with van der Waals surface area (Å²) in [5.74, 6) is -1.60. The molecule has 29 atom stereocenters. The van der Waals surface area contributed by atoms with Gasteiger partial charge >= 0.3 is 0 Å². The van der Waals surface area contributed by atoms with Gasteiger partial charge in [0.05, 0.1) is 39.1 Å². The van der Waals surface area contributed by atoms with E-state index in [1.54, 1.807) is 0 Å². The van der Waals surface area contributed by atoms with Crippen LogP contribution in [0.1, 0.15) is 20.8 Å². The summed E-state index contributed by atoms with van der Waals surface area (Å²) >= 11 is 0. The molecule has 0 aromatic rings. The van der Waals surface area contributed by atoms with Crippen LogP contribution in [-0.2, 0) is 61.7 Å². The van der Waals surface area contributed by atoms with Crippen LogP contribution >= 0.6 is 0 Å². The van der Waals surface area contributed by atoms with Crippen molar-refractivity contribution >= 4 is 11.8 Å². The Balaban J connectivity index is 1.29. The Labute approximate surface area is 397 Å². The molecule has 6 saturated heterocycles. The molecule has 2 amide bonds. The van der Waals surface area contributed by atoms with E-state index in [1.807, 2.05) is 0 Å². The topological polar surface area (TPSA) is 483 Å². The highest BCUT2D eigenvalue weighted by atomic mass is 16.8. The van der Waals surface area contributed by atoms with Crippen LogP contribution < -0.4 is 10.6 Å². The number of amides is 2. The molecule has 6 heterocycles. The van der Waals surface area contributed by atoms with Crippen LogP contribution in [0.15, 0.2) is 0 Å². The molecule has 0 radical (unpaired) electrons. The number of carbonyl (C=O) groups excluding carboxylic acids is 2. The average molecular weight is 1030 g/mol. The Morgan fingerprint density at radius 1 is 0.400 bits per heavy atom. The van der Waals surface area contributed by atoms with E-state index in [2.05, 4.69) is 10.6 Å². The number of nitrogens with one attached hydrogen (secondary N) is 2. The van der Waals surface area contributed by atoms with Crippen molar-refractivity contribution in [3.05, 3.63) is 0 Å². The van der Waals surface area contributed by atoms with Gasteiger partial charge in [0.2, 0.25) is 11.8 Å². The zero-order valence-corrected chi connectivity index (χ0v) is 37.7. The molecule has 406 valence electrons. The lowest BCUT2D eigenvalue weighted by molar-refractivity contribution is -0.383. The van der Waals surface area contributed by atoms with Crippen molar-refractivity contribution in [3.63, 3.8) is 0 Å². The van der Waals surface area contributed by atoms with Gasteiger partial charge in [-0.1, -0.05) is 0 Å². The lowest BCUT2D eigenvalue weighted by Gasteiger charge is -2.51. The van der Waals surface area contributed by atoms with Crippen LogP contribution in [0.4, 0.5) is 0 Å². The summed E-state index contributed by atoms with van der Waals surface area (Å²) in [6.45, 7) is -1.07. The standard InChI is InChI=1S/C39H66N2O29/c1-9-19(48)24(53)29(58)37(61-9)69-32-18(41-11(3)47)34(59)62-15(7-45)31(32)68-35-17(40-10(2)46)23(52)30(14(6-44)65-35)67-39-33(70-38-27(56)21(50)13(5-43)64-38)26(55)22(51)16(66-39)8-60-36-28(57)25(54)20(49)12(4-42)63-36/h9,12-39,42-45,48-59H,4-8H2,1-3H3,(H,40,46)(H,41,47)/t9-,12+,13+,14+,15+,16+,17+,18+,19+,20+,21-,22+,23+,24+,25-,26-,27+,28-,29-,30+,31+,32+,33-,34+,35-,36-,37-,38-,39-/m0/s1. The monoisotopic (exact) mass is 1030 g/mol. The first-order valence-corrected chi connectivity index (χ1v) is 22.4. The summed E-state index contributed by atoms with van der Waals surface area (Å²) < 4.78 is 63.6. The van der Waals surface area contributed by atoms with Crippen LogP contribution in [0.5, 0.6) is 0 Å². The molecule has 31 nitrogen and oxygen atoms in total. The number of rotatable bonds is 17. The fraction of sp³-hybridized carbons (Fsp3) is 0.949. The Morgan fingerprint density at radius 3 is 1.43 bits per heavy atom. The largest absolute Gasteiger partial charge is 0.394 e. The molecular formula is C39H66N2O29. The Kier molecular flexibility index (Phi) is 20.0. The summed E-state index contributed by atoms with van der Waals surface area (Å²) in [6.07, 6.45) is -48.6. The third kappa shape index (κ3) is 12.2. The molecule has 0 unspecified atom stereocenters. The van der Waals surface area contributed by atoms with E-state index in [0.29, 0.717) is 0 Å². The molecule has 0 aromatic heterocycles. The maximum Gasteiger partial charge on any atom is 0.217 e. The minimum absolute atomic E-state index is 0.761. The number of hydrogen-bond donors (Lipinski definition) is 18. The highest BCUT2D eigenvalue weighted by molar-refractivity contribution is 5.73. The van der Waals surface area contributed by atoms with Crippen molar-refractivity contribution in [3.8, 4) is 0 Å². The number of aliphatic hydroxyl groups is 16. The molecule has 18 N–H and O–H groups in total. The van der Waals surface area contributed by atoms with Gasteiger partial charge in [0, 0.05) is 13.8 Å². The summed E-state index contributed by atoms with van der Waals surface area (Å²) in [7, 11) is 0. The Hall–Kier alpha value is -2.14. The molecule has 6 fully saturated rings. The van der Waals surface area contributed by atoms with Gasteiger partial charge in [-0.15, -0.1) is 0 Å². The lowest BCUT2D eigenvalue weighted by atomic mass is 9.93. The van der Waals surface area contributed by atoms with Crippen molar-refractivity contribution in [2.45, 2.75) is 199 Å². The van der Waals surface area contributed by atoms with Crippen molar-refractivity contribution < 1.29 is 143 Å². The molecule has 70 heavy (non-hydrogen) atoms. The van der Waals surface area contributed by atoms with Crippen molar-refractivity contribution in [1.82, 2.24) is 10.6 Å². The fourth-order valence-corrected chi connectivity index (χ4v) is 8.94. The molecule has 6 aliphatic heterocycles. The number of aliphatic hydroxyl groups excluding tert-OH is 16. The normalized spacial score (nSPS) is 50.1. The zero-order chi connectivity index (χ0) is 51.6. The predicted octanol–water partition coefficient (Wildman–Crippen LogP) is -12.1. The molecule has 0 spiro atoms. The van der Waals surface area contributed by atoms with Gasteiger partial charge in [-0.05, 0) is 6.92 Å². The third-order valence-electron chi connectivity index (χ3n) is 12.8. The number of hydrogen-bond acceptors (Lipinski definition) is 29. The number of ether oxygens (including phenoxy) is 11. The Morgan fingerprint density at radius 2 is 0.829 bits per heavy atom. The number of carbonyl (C=O) groups is 2. The minimum atomic E-state index is -2.13. The van der Waals surface area contributed by atoms with Gasteiger partial charge in [-0.2, -0.15) is 0 Å². The van der Waals surface area contributed by atoms with Crippen molar-refractivity contribution in [2.75, 3.05) is 33.0 Å². The third-order valence-corrected chi connectivity index (χ3v) is 12.8. The van der Waals surface area contributed by atoms with E-state index < -0.39 is 223 Å². The van der Waals surface area contributed by atoms with Crippen LogP contribution in [0.2, 0.25) is 0 Å². The van der Waals surface area contributed by atoms with Gasteiger partial charge in [0.25, 0.3) is 0 Å².